The van der Waals surface area contributed by atoms with Gasteiger partial charge >= 0.3 is 6.03 Å². The third kappa shape index (κ3) is 4.94. The minimum absolute atomic E-state index is 0.0908. The van der Waals surface area contributed by atoms with Crippen molar-refractivity contribution >= 4 is 29.2 Å². The van der Waals surface area contributed by atoms with Crippen LogP contribution >= 0.6 is 11.6 Å². The van der Waals surface area contributed by atoms with E-state index in [2.05, 4.69) is 15.7 Å². The lowest BCUT2D eigenvalue weighted by molar-refractivity contribution is 0.0949. The number of hydrogen-bond acceptors (Lipinski definition) is 3. The Kier molecular flexibility index (Phi) is 6.19. The third-order valence-electron chi connectivity index (χ3n) is 4.34. The molecule has 0 spiro atoms. The van der Waals surface area contributed by atoms with Crippen molar-refractivity contribution in [1.82, 2.24) is 15.1 Å². The van der Waals surface area contributed by atoms with Crippen LogP contribution in [0.15, 0.2) is 54.7 Å². The number of nitrogens with zero attached hydrogens (tertiary/aromatic N) is 2. The molecule has 0 atom stereocenters. The highest BCUT2D eigenvalue weighted by Crippen LogP contribution is 2.24. The van der Waals surface area contributed by atoms with Crippen molar-refractivity contribution in [2.45, 2.75) is 26.3 Å². The summed E-state index contributed by atoms with van der Waals surface area (Å²) in [4.78, 5) is 23.7. The van der Waals surface area contributed by atoms with Gasteiger partial charge < -0.3 is 16.4 Å². The number of primary amides is 1. The van der Waals surface area contributed by atoms with Crippen LogP contribution in [0, 0.1) is 0 Å². The number of anilines is 1. The minimum Gasteiger partial charge on any atom is -0.351 e. The van der Waals surface area contributed by atoms with Gasteiger partial charge in [0.2, 0.25) is 0 Å². The summed E-state index contributed by atoms with van der Waals surface area (Å²) in [5, 5.41) is 10.5. The molecule has 3 amide bonds. The second kappa shape index (κ2) is 8.79. The molecule has 7 nitrogen and oxygen atoms in total. The molecular formula is C21H22ClN5O2. The Morgan fingerprint density at radius 1 is 1.10 bits per heavy atom. The highest BCUT2D eigenvalue weighted by molar-refractivity contribution is 6.30. The van der Waals surface area contributed by atoms with Crippen molar-refractivity contribution in [3.63, 3.8) is 0 Å². The van der Waals surface area contributed by atoms with Gasteiger partial charge in [-0.1, -0.05) is 37.6 Å². The van der Waals surface area contributed by atoms with Gasteiger partial charge in [0.25, 0.3) is 5.91 Å². The predicted octanol–water partition coefficient (Wildman–Crippen LogP) is 4.07. The lowest BCUT2D eigenvalue weighted by Gasteiger charge is -2.13. The number of urea groups is 1. The van der Waals surface area contributed by atoms with Crippen molar-refractivity contribution in [2.24, 2.45) is 5.73 Å². The fourth-order valence-electron chi connectivity index (χ4n) is 3.00. The average Bonchev–Trinajstić information content (AvgIpc) is 3.13. The Morgan fingerprint density at radius 3 is 2.34 bits per heavy atom. The number of aromatic nitrogens is 2. The maximum atomic E-state index is 12.8. The lowest BCUT2D eigenvalue weighted by Crippen LogP contribution is -2.24. The highest BCUT2D eigenvalue weighted by Gasteiger charge is 2.20. The third-order valence-corrected chi connectivity index (χ3v) is 4.60. The summed E-state index contributed by atoms with van der Waals surface area (Å²) in [6.07, 6.45) is 1.58. The van der Waals surface area contributed by atoms with Crippen molar-refractivity contribution in [3.05, 3.63) is 76.6 Å². The molecule has 0 radical (unpaired) electrons. The van der Waals surface area contributed by atoms with E-state index in [-0.39, 0.29) is 11.8 Å². The van der Waals surface area contributed by atoms with Crippen LogP contribution in [0.3, 0.4) is 0 Å². The second-order valence-electron chi connectivity index (χ2n) is 6.86. The smallest absolute Gasteiger partial charge is 0.316 e. The zero-order valence-corrected chi connectivity index (χ0v) is 16.9. The molecule has 3 aromatic rings. The van der Waals surface area contributed by atoms with Gasteiger partial charge in [-0.2, -0.15) is 5.10 Å². The molecule has 0 bridgehead atoms. The number of nitrogens with one attached hydrogen (secondary N) is 2. The van der Waals surface area contributed by atoms with Crippen LogP contribution in [0.2, 0.25) is 5.02 Å². The molecule has 29 heavy (non-hydrogen) atoms. The molecule has 0 aliphatic carbocycles. The summed E-state index contributed by atoms with van der Waals surface area (Å²) < 4.78 is 1.76. The quantitative estimate of drug-likeness (QED) is 0.569. The first kappa shape index (κ1) is 20.4. The molecule has 150 valence electrons. The summed E-state index contributed by atoms with van der Waals surface area (Å²) in [6.45, 7) is 4.38. The van der Waals surface area contributed by atoms with Crippen molar-refractivity contribution < 1.29 is 9.59 Å². The van der Waals surface area contributed by atoms with E-state index < -0.39 is 6.03 Å². The van der Waals surface area contributed by atoms with E-state index >= 15 is 0 Å². The Balaban J connectivity index is 1.75. The number of amides is 3. The topological polar surface area (TPSA) is 102 Å². The fourth-order valence-corrected chi connectivity index (χ4v) is 3.13. The molecule has 0 aliphatic heterocycles. The van der Waals surface area contributed by atoms with Gasteiger partial charge in [-0.05, 0) is 47.9 Å². The van der Waals surface area contributed by atoms with Crippen LogP contribution in [-0.4, -0.2) is 21.7 Å². The van der Waals surface area contributed by atoms with Crippen LogP contribution in [0.5, 0.6) is 0 Å². The summed E-state index contributed by atoms with van der Waals surface area (Å²) in [5.41, 5.74) is 8.78. The van der Waals surface area contributed by atoms with E-state index in [4.69, 9.17) is 17.3 Å². The first-order valence-corrected chi connectivity index (χ1v) is 9.50. The molecule has 2 aromatic carbocycles. The van der Waals surface area contributed by atoms with Crippen LogP contribution in [-0.2, 0) is 6.54 Å². The van der Waals surface area contributed by atoms with Gasteiger partial charge in [0.1, 0.15) is 0 Å². The first-order chi connectivity index (χ1) is 13.8. The van der Waals surface area contributed by atoms with Gasteiger partial charge in [-0.15, -0.1) is 0 Å². The van der Waals surface area contributed by atoms with Crippen LogP contribution in [0.4, 0.5) is 10.5 Å². The van der Waals surface area contributed by atoms with E-state index in [0.29, 0.717) is 22.8 Å². The van der Waals surface area contributed by atoms with E-state index in [1.807, 2.05) is 38.1 Å². The molecule has 1 heterocycles. The maximum absolute atomic E-state index is 12.8. The molecule has 0 fully saturated rings. The zero-order valence-electron chi connectivity index (χ0n) is 16.1. The van der Waals surface area contributed by atoms with Crippen LogP contribution in [0.1, 0.15) is 41.4 Å². The van der Waals surface area contributed by atoms with Gasteiger partial charge in [-0.3, -0.25) is 4.79 Å². The maximum Gasteiger partial charge on any atom is 0.316 e. The Labute approximate surface area is 173 Å². The molecule has 3 rings (SSSR count). The molecule has 8 heteroatoms. The highest BCUT2D eigenvalue weighted by atomic mass is 35.5. The molecule has 0 unspecified atom stereocenters. The number of nitrogens with two attached hydrogens (primary N) is 1. The number of rotatable bonds is 6. The summed E-state index contributed by atoms with van der Waals surface area (Å²) >= 11 is 5.97. The molecule has 4 N–H and O–H groups in total. The van der Waals surface area contributed by atoms with Crippen molar-refractivity contribution in [1.29, 1.82) is 0 Å². The molecule has 1 aromatic heterocycles. The number of carbonyl (C=O) groups excluding carboxylic acids is 2. The van der Waals surface area contributed by atoms with Gasteiger partial charge in [0, 0.05) is 17.3 Å². The van der Waals surface area contributed by atoms with E-state index in [9.17, 15) is 9.59 Å². The Bertz CT molecular complexity index is 1010. The average molecular weight is 412 g/mol. The van der Waals surface area contributed by atoms with Gasteiger partial charge in [0.15, 0.2) is 0 Å². The first-order valence-electron chi connectivity index (χ1n) is 9.12. The summed E-state index contributed by atoms with van der Waals surface area (Å²) in [5.74, 6) is -0.110. The number of halogens is 1. The Hall–Kier alpha value is -3.32. The normalized spacial score (nSPS) is 10.8. The SMILES string of the molecule is CC(C)c1c(C(=O)NCc2ccc(NC(N)=O)cc2)cnn1-c1ccc(Cl)cc1. The standard InChI is InChI=1S/C21H22ClN5O2/c1-13(2)19-18(12-25-27(19)17-9-5-15(22)6-10-17)20(28)24-11-14-3-7-16(8-4-14)26-21(23)29/h3-10,12-13H,11H2,1-2H3,(H,24,28)(H3,23,26,29). The minimum atomic E-state index is -0.620. The number of hydrogen-bond donors (Lipinski definition) is 3. The Morgan fingerprint density at radius 2 is 1.76 bits per heavy atom. The monoisotopic (exact) mass is 411 g/mol. The number of carbonyl (C=O) groups is 2. The van der Waals surface area contributed by atoms with Crippen molar-refractivity contribution in [3.8, 4) is 5.69 Å². The number of benzene rings is 2. The fraction of sp³-hybridized carbons (Fsp3) is 0.190. The van der Waals surface area contributed by atoms with Gasteiger partial charge in [0.05, 0.1) is 23.1 Å². The van der Waals surface area contributed by atoms with Gasteiger partial charge in [-0.25, -0.2) is 9.48 Å². The summed E-state index contributed by atoms with van der Waals surface area (Å²) in [7, 11) is 0. The van der Waals surface area contributed by atoms with E-state index in [1.54, 1.807) is 35.1 Å². The second-order valence-corrected chi connectivity index (χ2v) is 7.29. The molecule has 0 aliphatic rings. The van der Waals surface area contributed by atoms with E-state index in [1.165, 1.54) is 0 Å². The van der Waals surface area contributed by atoms with E-state index in [0.717, 1.165) is 16.9 Å². The lowest BCUT2D eigenvalue weighted by atomic mass is 10.0. The summed E-state index contributed by atoms with van der Waals surface area (Å²) in [6, 6.07) is 13.8. The predicted molar refractivity (Wildman–Crippen MR) is 113 cm³/mol. The molecule has 0 saturated carbocycles. The largest absolute Gasteiger partial charge is 0.351 e. The molecular weight excluding hydrogens is 390 g/mol. The van der Waals surface area contributed by atoms with Crippen LogP contribution in [0.25, 0.3) is 5.69 Å². The van der Waals surface area contributed by atoms with Crippen molar-refractivity contribution in [2.75, 3.05) is 5.32 Å². The molecule has 0 saturated heterocycles. The zero-order chi connectivity index (χ0) is 21.0. The van der Waals surface area contributed by atoms with Crippen LogP contribution < -0.4 is 16.4 Å².